The molecular formula is C17H17NO3. The van der Waals surface area contributed by atoms with Crippen LogP contribution < -0.4 is 5.32 Å². The van der Waals surface area contributed by atoms with Crippen LogP contribution in [-0.4, -0.2) is 25.0 Å². The van der Waals surface area contributed by atoms with Crippen LogP contribution in [0.5, 0.6) is 0 Å². The minimum absolute atomic E-state index is 0.302. The average molecular weight is 283 g/mol. The largest absolute Gasteiger partial charge is 0.467 e. The van der Waals surface area contributed by atoms with Gasteiger partial charge in [-0.2, -0.15) is 0 Å². The van der Waals surface area contributed by atoms with Crippen LogP contribution in [0.4, 0.5) is 0 Å². The Hall–Kier alpha value is -2.62. The molecule has 108 valence electrons. The van der Waals surface area contributed by atoms with Gasteiger partial charge < -0.3 is 10.1 Å². The van der Waals surface area contributed by atoms with E-state index in [-0.39, 0.29) is 5.91 Å². The standard InChI is InChI=1S/C17H17NO3/c1-3-7-15(17(20)21-2)18-16(19)14-11-6-9-12-8-4-5-10-13(12)14/h3-6,8-11,15H,1,7H2,2H3,(H,18,19)/t15-/m1/s1. The van der Waals surface area contributed by atoms with Gasteiger partial charge in [0.2, 0.25) is 0 Å². The average Bonchev–Trinajstić information content (AvgIpc) is 2.53. The molecule has 0 saturated heterocycles. The Kier molecular flexibility index (Phi) is 4.72. The van der Waals surface area contributed by atoms with E-state index < -0.39 is 12.0 Å². The van der Waals surface area contributed by atoms with Crippen molar-refractivity contribution in [1.29, 1.82) is 0 Å². The molecule has 1 amide bonds. The summed E-state index contributed by atoms with van der Waals surface area (Å²) in [4.78, 5) is 24.1. The van der Waals surface area contributed by atoms with Gasteiger partial charge in [-0.05, 0) is 23.3 Å². The van der Waals surface area contributed by atoms with Crippen LogP contribution in [0.2, 0.25) is 0 Å². The Balaban J connectivity index is 2.29. The second-order valence-electron chi connectivity index (χ2n) is 4.60. The van der Waals surface area contributed by atoms with E-state index >= 15 is 0 Å². The molecule has 2 aromatic carbocycles. The summed E-state index contributed by atoms with van der Waals surface area (Å²) in [6, 6.07) is 12.4. The molecule has 2 rings (SSSR count). The van der Waals surface area contributed by atoms with Crippen LogP contribution in [0, 0.1) is 0 Å². The third kappa shape index (κ3) is 3.28. The SMILES string of the molecule is C=CC[C@@H](NC(=O)c1cccc2ccccc12)C(=O)OC. The quantitative estimate of drug-likeness (QED) is 0.678. The fraction of sp³-hybridized carbons (Fsp3) is 0.176. The van der Waals surface area contributed by atoms with Crippen molar-refractivity contribution in [2.24, 2.45) is 0 Å². The second-order valence-corrected chi connectivity index (χ2v) is 4.60. The molecule has 1 N–H and O–H groups in total. The Morgan fingerprint density at radius 3 is 2.67 bits per heavy atom. The highest BCUT2D eigenvalue weighted by Gasteiger charge is 2.21. The van der Waals surface area contributed by atoms with E-state index in [1.807, 2.05) is 36.4 Å². The molecule has 4 nitrogen and oxygen atoms in total. The van der Waals surface area contributed by atoms with Gasteiger partial charge in [0.25, 0.3) is 5.91 Å². The minimum atomic E-state index is -0.723. The van der Waals surface area contributed by atoms with Crippen LogP contribution in [0.1, 0.15) is 16.8 Å². The fourth-order valence-electron chi connectivity index (χ4n) is 2.18. The molecule has 0 aliphatic heterocycles. The zero-order chi connectivity index (χ0) is 15.2. The molecule has 4 heteroatoms. The lowest BCUT2D eigenvalue weighted by molar-refractivity contribution is -0.142. The summed E-state index contributed by atoms with van der Waals surface area (Å²) in [5.74, 6) is -0.785. The first-order chi connectivity index (χ1) is 10.2. The van der Waals surface area contributed by atoms with Crippen molar-refractivity contribution >= 4 is 22.6 Å². The lowest BCUT2D eigenvalue weighted by Crippen LogP contribution is -2.41. The van der Waals surface area contributed by atoms with Gasteiger partial charge in [0.15, 0.2) is 0 Å². The molecule has 0 saturated carbocycles. The summed E-state index contributed by atoms with van der Waals surface area (Å²) in [5.41, 5.74) is 0.533. The second kappa shape index (κ2) is 6.70. The molecule has 0 fully saturated rings. The predicted octanol–water partition coefficient (Wildman–Crippen LogP) is 2.69. The Morgan fingerprint density at radius 2 is 1.95 bits per heavy atom. The van der Waals surface area contributed by atoms with Crippen molar-refractivity contribution in [3.63, 3.8) is 0 Å². The number of esters is 1. The van der Waals surface area contributed by atoms with Crippen molar-refractivity contribution in [3.8, 4) is 0 Å². The molecule has 0 aliphatic rings. The maximum Gasteiger partial charge on any atom is 0.328 e. The van der Waals surface area contributed by atoms with Gasteiger partial charge in [0, 0.05) is 5.56 Å². The van der Waals surface area contributed by atoms with Crippen LogP contribution in [0.25, 0.3) is 10.8 Å². The van der Waals surface area contributed by atoms with Crippen molar-refractivity contribution in [1.82, 2.24) is 5.32 Å². The maximum absolute atomic E-state index is 12.4. The van der Waals surface area contributed by atoms with E-state index in [0.717, 1.165) is 10.8 Å². The first-order valence-corrected chi connectivity index (χ1v) is 6.64. The van der Waals surface area contributed by atoms with Crippen LogP contribution in [0.15, 0.2) is 55.1 Å². The molecule has 0 aromatic heterocycles. The van der Waals surface area contributed by atoms with E-state index in [1.165, 1.54) is 7.11 Å². The predicted molar refractivity (Wildman–Crippen MR) is 82.0 cm³/mol. The molecule has 0 heterocycles. The highest BCUT2D eigenvalue weighted by molar-refractivity contribution is 6.07. The van der Waals surface area contributed by atoms with Crippen molar-refractivity contribution in [3.05, 3.63) is 60.7 Å². The first-order valence-electron chi connectivity index (χ1n) is 6.64. The molecule has 0 unspecified atom stereocenters. The van der Waals surface area contributed by atoms with E-state index in [0.29, 0.717) is 12.0 Å². The van der Waals surface area contributed by atoms with Crippen molar-refractivity contribution < 1.29 is 14.3 Å². The van der Waals surface area contributed by atoms with Gasteiger partial charge in [0.05, 0.1) is 7.11 Å². The number of methoxy groups -OCH3 is 1. The highest BCUT2D eigenvalue weighted by Crippen LogP contribution is 2.18. The van der Waals surface area contributed by atoms with Gasteiger partial charge in [-0.3, -0.25) is 4.79 Å². The summed E-state index contributed by atoms with van der Waals surface area (Å²) in [5, 5.41) is 4.51. The molecule has 2 aromatic rings. The summed E-state index contributed by atoms with van der Waals surface area (Å²) in [6.07, 6.45) is 1.90. The molecule has 1 atom stereocenters. The summed E-state index contributed by atoms with van der Waals surface area (Å²) in [6.45, 7) is 3.59. The normalized spacial score (nSPS) is 11.7. The number of amides is 1. The molecular weight excluding hydrogens is 266 g/mol. The number of fused-ring (bicyclic) bond motifs is 1. The lowest BCUT2D eigenvalue weighted by Gasteiger charge is -2.15. The monoisotopic (exact) mass is 283 g/mol. The third-order valence-electron chi connectivity index (χ3n) is 3.23. The smallest absolute Gasteiger partial charge is 0.328 e. The van der Waals surface area contributed by atoms with Crippen LogP contribution in [-0.2, 0) is 9.53 Å². The Morgan fingerprint density at radius 1 is 1.24 bits per heavy atom. The van der Waals surface area contributed by atoms with Gasteiger partial charge >= 0.3 is 5.97 Å². The summed E-state index contributed by atoms with van der Waals surface area (Å²) in [7, 11) is 1.29. The minimum Gasteiger partial charge on any atom is -0.467 e. The zero-order valence-corrected chi connectivity index (χ0v) is 11.8. The summed E-state index contributed by atoms with van der Waals surface area (Å²) < 4.78 is 4.69. The molecule has 0 radical (unpaired) electrons. The Bertz CT molecular complexity index is 673. The summed E-state index contributed by atoms with van der Waals surface area (Å²) >= 11 is 0. The topological polar surface area (TPSA) is 55.4 Å². The number of hydrogen-bond donors (Lipinski definition) is 1. The number of carbonyl (C=O) groups is 2. The third-order valence-corrected chi connectivity index (χ3v) is 3.23. The number of rotatable bonds is 5. The number of nitrogens with one attached hydrogen (secondary N) is 1. The van der Waals surface area contributed by atoms with Crippen molar-refractivity contribution in [2.45, 2.75) is 12.5 Å². The fourth-order valence-corrected chi connectivity index (χ4v) is 2.18. The molecule has 0 aliphatic carbocycles. The van der Waals surface area contributed by atoms with Gasteiger partial charge in [-0.1, -0.05) is 42.5 Å². The number of carbonyl (C=O) groups excluding carboxylic acids is 2. The van der Waals surface area contributed by atoms with Crippen molar-refractivity contribution in [2.75, 3.05) is 7.11 Å². The molecule has 21 heavy (non-hydrogen) atoms. The molecule has 0 bridgehead atoms. The van der Waals surface area contributed by atoms with E-state index in [9.17, 15) is 9.59 Å². The number of benzene rings is 2. The zero-order valence-electron chi connectivity index (χ0n) is 11.8. The number of ether oxygens (including phenoxy) is 1. The lowest BCUT2D eigenvalue weighted by atomic mass is 10.0. The van der Waals surface area contributed by atoms with Gasteiger partial charge in [0.1, 0.15) is 6.04 Å². The van der Waals surface area contributed by atoms with Gasteiger partial charge in [-0.25, -0.2) is 4.79 Å². The Labute approximate surface area is 123 Å². The molecule has 0 spiro atoms. The number of hydrogen-bond acceptors (Lipinski definition) is 3. The maximum atomic E-state index is 12.4. The van der Waals surface area contributed by atoms with E-state index in [1.54, 1.807) is 12.1 Å². The highest BCUT2D eigenvalue weighted by atomic mass is 16.5. The van der Waals surface area contributed by atoms with E-state index in [2.05, 4.69) is 16.6 Å². The van der Waals surface area contributed by atoms with Crippen LogP contribution >= 0.6 is 0 Å². The first kappa shape index (κ1) is 14.8. The van der Waals surface area contributed by atoms with Gasteiger partial charge in [-0.15, -0.1) is 6.58 Å². The van der Waals surface area contributed by atoms with Crippen LogP contribution in [0.3, 0.4) is 0 Å². The van der Waals surface area contributed by atoms with E-state index in [4.69, 9.17) is 0 Å².